The molecule has 2 atom stereocenters. The topological polar surface area (TPSA) is 57.4 Å². The molecule has 1 aliphatic carbocycles. The van der Waals surface area contributed by atoms with E-state index < -0.39 is 54.0 Å². The molecule has 1 saturated carbocycles. The molecule has 6 nitrogen and oxygen atoms in total. The number of halogens is 7. The van der Waals surface area contributed by atoms with Crippen LogP contribution >= 0.6 is 0 Å². The van der Waals surface area contributed by atoms with E-state index in [1.807, 2.05) is 0 Å². The van der Waals surface area contributed by atoms with E-state index in [0.29, 0.717) is 17.1 Å². The van der Waals surface area contributed by atoms with E-state index in [1.165, 1.54) is 24.2 Å². The number of aryl methyl sites for hydroxylation is 1. The molecule has 0 amide bonds. The SMILES string of the molecule is C[C@@H]1CN(Cc2cc3c(c(C(F)(F)F)c2)CN(c2cccc(C4(c5nncn5C)CC(F)(F)C4)c2)C3O)CCC1(F)F. The summed E-state index contributed by atoms with van der Waals surface area (Å²) in [6.07, 6.45) is -6.10. The van der Waals surface area contributed by atoms with Crippen molar-refractivity contribution in [3.05, 3.63) is 76.4 Å². The highest BCUT2D eigenvalue weighted by atomic mass is 19.4. The smallest absolute Gasteiger partial charge is 0.369 e. The second-order valence-corrected chi connectivity index (χ2v) is 12.0. The Morgan fingerprint density at radius 1 is 1.07 bits per heavy atom. The summed E-state index contributed by atoms with van der Waals surface area (Å²) in [7, 11) is 1.66. The molecule has 0 bridgehead atoms. The first kappa shape index (κ1) is 28.9. The zero-order chi connectivity index (χ0) is 30.2. The number of aliphatic hydroxyl groups is 1. The first-order valence-corrected chi connectivity index (χ1v) is 13.7. The fraction of sp³-hybridized carbons (Fsp3) is 0.517. The van der Waals surface area contributed by atoms with Crippen molar-refractivity contribution < 1.29 is 35.8 Å². The van der Waals surface area contributed by atoms with Crippen molar-refractivity contribution in [3.63, 3.8) is 0 Å². The Balaban J connectivity index is 1.33. The van der Waals surface area contributed by atoms with Crippen LogP contribution in [0.2, 0.25) is 0 Å². The first-order chi connectivity index (χ1) is 19.6. The van der Waals surface area contributed by atoms with Gasteiger partial charge in [0.15, 0.2) is 6.23 Å². The lowest BCUT2D eigenvalue weighted by molar-refractivity contribution is -0.138. The average Bonchev–Trinajstić information content (AvgIpc) is 3.47. The van der Waals surface area contributed by atoms with Gasteiger partial charge in [-0.3, -0.25) is 4.90 Å². The number of rotatable bonds is 5. The molecule has 2 aliphatic heterocycles. The van der Waals surface area contributed by atoms with Gasteiger partial charge in [-0.05, 0) is 41.0 Å². The van der Waals surface area contributed by atoms with Crippen molar-refractivity contribution in [2.24, 2.45) is 13.0 Å². The summed E-state index contributed by atoms with van der Waals surface area (Å²) in [5.41, 5.74) is -0.898. The number of hydrogen-bond donors (Lipinski definition) is 1. The minimum Gasteiger partial charge on any atom is -0.369 e. The molecule has 13 heteroatoms. The van der Waals surface area contributed by atoms with Crippen LogP contribution in [0.25, 0.3) is 0 Å². The maximum Gasteiger partial charge on any atom is 0.416 e. The minimum atomic E-state index is -4.72. The third kappa shape index (κ3) is 4.83. The molecule has 1 unspecified atom stereocenters. The lowest BCUT2D eigenvalue weighted by atomic mass is 9.61. The van der Waals surface area contributed by atoms with E-state index in [-0.39, 0.29) is 49.3 Å². The molecule has 3 aromatic rings. The Morgan fingerprint density at radius 2 is 1.81 bits per heavy atom. The quantitative estimate of drug-likeness (QED) is 0.364. The number of alkyl halides is 7. The molecule has 3 aliphatic rings. The van der Waals surface area contributed by atoms with Crippen LogP contribution in [0, 0.1) is 5.92 Å². The number of aliphatic hydroxyl groups excluding tert-OH is 1. The van der Waals surface area contributed by atoms with Gasteiger partial charge in [0.1, 0.15) is 12.2 Å². The Labute approximate surface area is 237 Å². The van der Waals surface area contributed by atoms with Gasteiger partial charge >= 0.3 is 6.18 Å². The zero-order valence-corrected chi connectivity index (χ0v) is 23.0. The number of benzene rings is 2. The van der Waals surface area contributed by atoms with Crippen molar-refractivity contribution in [1.29, 1.82) is 0 Å². The van der Waals surface area contributed by atoms with E-state index >= 15 is 0 Å². The molecule has 226 valence electrons. The van der Waals surface area contributed by atoms with Gasteiger partial charge in [-0.2, -0.15) is 13.2 Å². The fourth-order valence-electron chi connectivity index (χ4n) is 6.75. The molecule has 1 aromatic heterocycles. The number of fused-ring (bicyclic) bond motifs is 1. The van der Waals surface area contributed by atoms with Crippen LogP contribution < -0.4 is 4.90 Å². The highest BCUT2D eigenvalue weighted by molar-refractivity contribution is 5.59. The van der Waals surface area contributed by atoms with Crippen LogP contribution in [-0.4, -0.2) is 49.7 Å². The Hall–Kier alpha value is -3.19. The average molecular weight is 598 g/mol. The second kappa shape index (κ2) is 9.66. The van der Waals surface area contributed by atoms with Crippen LogP contribution in [0.5, 0.6) is 0 Å². The van der Waals surface area contributed by atoms with Gasteiger partial charge in [0.25, 0.3) is 11.8 Å². The summed E-state index contributed by atoms with van der Waals surface area (Å²) in [5.74, 6) is -6.32. The molecular weight excluding hydrogens is 567 g/mol. The molecule has 0 radical (unpaired) electrons. The standard InChI is InChI=1S/C29H30F7N5O/c1-17-11-40(7-6-28(17,32)33)12-18-8-21-22(23(9-18)29(34,35)36)13-41(24(21)42)20-5-3-4-19(10-20)26(14-27(30,31)15-26)25-38-37-16-39(25)2/h3-5,8-10,16-17,24,42H,6-7,11-15H2,1-2H3/t17-,24?/m1/s1. The van der Waals surface area contributed by atoms with Crippen molar-refractivity contribution in [2.45, 2.75) is 68.9 Å². The van der Waals surface area contributed by atoms with Gasteiger partial charge < -0.3 is 14.6 Å². The summed E-state index contributed by atoms with van der Waals surface area (Å²) in [5, 5.41) is 19.2. The van der Waals surface area contributed by atoms with Crippen LogP contribution in [-0.2, 0) is 31.7 Å². The summed E-state index contributed by atoms with van der Waals surface area (Å²) >= 11 is 0. The van der Waals surface area contributed by atoms with E-state index in [1.54, 1.807) is 40.8 Å². The number of anilines is 1. The lowest BCUT2D eigenvalue weighted by Crippen LogP contribution is -2.51. The highest BCUT2D eigenvalue weighted by Gasteiger charge is 2.60. The van der Waals surface area contributed by atoms with E-state index in [9.17, 15) is 35.8 Å². The van der Waals surface area contributed by atoms with Crippen molar-refractivity contribution in [3.8, 4) is 0 Å². The molecule has 1 saturated heterocycles. The van der Waals surface area contributed by atoms with Crippen molar-refractivity contribution >= 4 is 5.69 Å². The maximum atomic E-state index is 14.3. The predicted molar refractivity (Wildman–Crippen MR) is 139 cm³/mol. The Bertz CT molecular complexity index is 1500. The van der Waals surface area contributed by atoms with Crippen LogP contribution in [0.15, 0.2) is 42.7 Å². The number of piperidine rings is 1. The molecule has 42 heavy (non-hydrogen) atoms. The second-order valence-electron chi connectivity index (χ2n) is 12.0. The molecule has 0 spiro atoms. The van der Waals surface area contributed by atoms with Crippen molar-refractivity contribution in [2.75, 3.05) is 18.0 Å². The molecule has 3 heterocycles. The van der Waals surface area contributed by atoms with E-state index in [0.717, 1.165) is 6.07 Å². The van der Waals surface area contributed by atoms with E-state index in [4.69, 9.17) is 0 Å². The van der Waals surface area contributed by atoms with Crippen LogP contribution in [0.4, 0.5) is 36.4 Å². The fourth-order valence-corrected chi connectivity index (χ4v) is 6.75. The maximum absolute atomic E-state index is 14.3. The van der Waals surface area contributed by atoms with Gasteiger partial charge in [0.2, 0.25) is 0 Å². The van der Waals surface area contributed by atoms with Gasteiger partial charge in [0, 0.05) is 69.7 Å². The third-order valence-electron chi connectivity index (χ3n) is 8.96. The summed E-state index contributed by atoms with van der Waals surface area (Å²) < 4.78 is 101. The number of aromatic nitrogens is 3. The van der Waals surface area contributed by atoms with Crippen LogP contribution in [0.3, 0.4) is 0 Å². The van der Waals surface area contributed by atoms with Crippen LogP contribution in [0.1, 0.15) is 66.1 Å². The first-order valence-electron chi connectivity index (χ1n) is 13.7. The zero-order valence-electron chi connectivity index (χ0n) is 23.0. The molecular formula is C29H30F7N5O. The summed E-state index contributed by atoms with van der Waals surface area (Å²) in [6, 6.07) is 9.06. The number of likely N-dealkylation sites (tertiary alicyclic amines) is 1. The minimum absolute atomic E-state index is 0.0351. The molecule has 6 rings (SSSR count). The normalized spacial score (nSPS) is 24.9. The molecule has 2 fully saturated rings. The Kier molecular flexibility index (Phi) is 6.65. The van der Waals surface area contributed by atoms with E-state index in [2.05, 4.69) is 10.2 Å². The predicted octanol–water partition coefficient (Wildman–Crippen LogP) is 6.04. The van der Waals surface area contributed by atoms with Crippen molar-refractivity contribution in [1.82, 2.24) is 19.7 Å². The Morgan fingerprint density at radius 3 is 2.43 bits per heavy atom. The lowest BCUT2D eigenvalue weighted by Gasteiger charge is -2.47. The van der Waals surface area contributed by atoms with Gasteiger partial charge in [0.05, 0.1) is 11.0 Å². The van der Waals surface area contributed by atoms with Gasteiger partial charge in [-0.25, -0.2) is 17.6 Å². The number of hydrogen-bond acceptors (Lipinski definition) is 5. The molecule has 2 aromatic carbocycles. The molecule has 1 N–H and O–H groups in total. The highest BCUT2D eigenvalue weighted by Crippen LogP contribution is 2.57. The van der Waals surface area contributed by atoms with Gasteiger partial charge in [-0.1, -0.05) is 19.1 Å². The summed E-state index contributed by atoms with van der Waals surface area (Å²) in [4.78, 5) is 3.10. The monoisotopic (exact) mass is 597 g/mol. The number of nitrogens with zero attached hydrogens (tertiary/aromatic N) is 5. The summed E-state index contributed by atoms with van der Waals surface area (Å²) in [6.45, 7) is 1.29. The largest absolute Gasteiger partial charge is 0.416 e. The van der Waals surface area contributed by atoms with Gasteiger partial charge in [-0.15, -0.1) is 10.2 Å². The third-order valence-corrected chi connectivity index (χ3v) is 8.96.